The third-order valence-corrected chi connectivity index (χ3v) is 5.66. The quantitative estimate of drug-likeness (QED) is 0.291. The van der Waals surface area contributed by atoms with Crippen LogP contribution in [0.25, 0.3) is 10.2 Å². The number of carbonyl (C=O) groups is 2. The Labute approximate surface area is 178 Å². The number of aromatic nitrogens is 1. The van der Waals surface area contributed by atoms with Gasteiger partial charge in [0.15, 0.2) is 6.61 Å². The van der Waals surface area contributed by atoms with E-state index in [2.05, 4.69) is 26.2 Å². The molecule has 0 aliphatic carbocycles. The van der Waals surface area contributed by atoms with Gasteiger partial charge in [-0.25, -0.2) is 4.98 Å². The molecular weight excluding hydrogens is 462 g/mol. The fourth-order valence-corrected chi connectivity index (χ4v) is 4.01. The molecule has 3 rings (SSSR count). The van der Waals surface area contributed by atoms with E-state index in [9.17, 15) is 19.7 Å². The molecule has 0 aliphatic rings. The second kappa shape index (κ2) is 9.57. The maximum Gasteiger partial charge on any atom is 0.306 e. The summed E-state index contributed by atoms with van der Waals surface area (Å²) in [7, 11) is 0. The summed E-state index contributed by atoms with van der Waals surface area (Å²) < 4.78 is 6.46. The number of aryl methyl sites for hydroxylation is 1. The average molecular weight is 478 g/mol. The normalized spacial score (nSPS) is 10.7. The zero-order chi connectivity index (χ0) is 20.8. The van der Waals surface area contributed by atoms with Crippen molar-refractivity contribution in [3.8, 4) is 0 Å². The molecule has 0 saturated heterocycles. The van der Waals surface area contributed by atoms with Crippen LogP contribution in [0.2, 0.25) is 0 Å². The summed E-state index contributed by atoms with van der Waals surface area (Å²) in [4.78, 5) is 38.5. The van der Waals surface area contributed by atoms with Crippen LogP contribution in [0.15, 0.2) is 46.9 Å². The summed E-state index contributed by atoms with van der Waals surface area (Å²) in [5.74, 6) is -0.997. The standard InChI is InChI=1S/C19H16BrN3O5S/c20-13-10-12(23(26)27)8-9-14(13)21-17(24)11-28-19(25)7-3-6-18-22-15-4-1-2-5-16(15)29-18/h1-2,4-5,8-10H,3,6-7,11H2,(H,21,24). The number of nitro benzene ring substituents is 1. The molecule has 0 radical (unpaired) electrons. The Balaban J connectivity index is 1.40. The summed E-state index contributed by atoms with van der Waals surface area (Å²) in [6.07, 6.45) is 1.43. The molecule has 0 aliphatic heterocycles. The molecule has 29 heavy (non-hydrogen) atoms. The van der Waals surface area contributed by atoms with Gasteiger partial charge >= 0.3 is 5.97 Å². The topological polar surface area (TPSA) is 111 Å². The molecule has 1 heterocycles. The highest BCUT2D eigenvalue weighted by atomic mass is 79.9. The Kier molecular flexibility index (Phi) is 6.89. The van der Waals surface area contributed by atoms with E-state index in [4.69, 9.17) is 4.74 Å². The van der Waals surface area contributed by atoms with Crippen LogP contribution in [0.3, 0.4) is 0 Å². The molecule has 1 amide bonds. The lowest BCUT2D eigenvalue weighted by Crippen LogP contribution is -2.21. The minimum Gasteiger partial charge on any atom is -0.456 e. The second-order valence-corrected chi connectivity index (χ2v) is 8.03. The molecule has 3 aromatic rings. The van der Waals surface area contributed by atoms with Gasteiger partial charge in [0.1, 0.15) is 0 Å². The first-order chi connectivity index (χ1) is 13.9. The van der Waals surface area contributed by atoms with Gasteiger partial charge in [-0.3, -0.25) is 19.7 Å². The number of ether oxygens (including phenoxy) is 1. The minimum absolute atomic E-state index is 0.102. The van der Waals surface area contributed by atoms with Gasteiger partial charge in [-0.05, 0) is 47.0 Å². The first-order valence-electron chi connectivity index (χ1n) is 8.66. The van der Waals surface area contributed by atoms with Crippen LogP contribution in [0.4, 0.5) is 11.4 Å². The zero-order valence-electron chi connectivity index (χ0n) is 15.1. The average Bonchev–Trinajstić information content (AvgIpc) is 3.10. The second-order valence-electron chi connectivity index (χ2n) is 6.06. The number of nitrogens with zero attached hydrogens (tertiary/aromatic N) is 2. The molecule has 0 fully saturated rings. The largest absolute Gasteiger partial charge is 0.456 e. The van der Waals surface area contributed by atoms with E-state index in [1.165, 1.54) is 18.2 Å². The lowest BCUT2D eigenvalue weighted by molar-refractivity contribution is -0.384. The SMILES string of the molecule is O=C(COC(=O)CCCc1nc2ccccc2s1)Nc1ccc([N+](=O)[O-])cc1Br. The van der Waals surface area contributed by atoms with Crippen molar-refractivity contribution >= 4 is 60.7 Å². The third kappa shape index (κ3) is 5.81. The number of nitrogens with one attached hydrogen (secondary N) is 1. The number of hydrogen-bond donors (Lipinski definition) is 1. The number of carbonyl (C=O) groups excluding carboxylic acids is 2. The highest BCUT2D eigenvalue weighted by Crippen LogP contribution is 2.27. The van der Waals surface area contributed by atoms with Crippen molar-refractivity contribution < 1.29 is 19.2 Å². The van der Waals surface area contributed by atoms with Gasteiger partial charge in [0.05, 0.1) is 25.8 Å². The number of thiazole rings is 1. The lowest BCUT2D eigenvalue weighted by atomic mass is 10.2. The number of para-hydroxylation sites is 1. The molecule has 1 aromatic heterocycles. The highest BCUT2D eigenvalue weighted by Gasteiger charge is 2.13. The summed E-state index contributed by atoms with van der Waals surface area (Å²) in [6, 6.07) is 11.8. The summed E-state index contributed by atoms with van der Waals surface area (Å²) in [5, 5.41) is 14.2. The number of benzene rings is 2. The third-order valence-electron chi connectivity index (χ3n) is 3.91. The first-order valence-corrected chi connectivity index (χ1v) is 10.3. The Morgan fingerprint density at radius 2 is 2.03 bits per heavy atom. The predicted octanol–water partition coefficient (Wildman–Crippen LogP) is 4.47. The van der Waals surface area contributed by atoms with Crippen molar-refractivity contribution in [3.05, 3.63) is 62.1 Å². The van der Waals surface area contributed by atoms with Crippen molar-refractivity contribution in [2.24, 2.45) is 0 Å². The maximum atomic E-state index is 11.9. The zero-order valence-corrected chi connectivity index (χ0v) is 17.5. The molecule has 150 valence electrons. The van der Waals surface area contributed by atoms with E-state index in [1.807, 2.05) is 24.3 Å². The monoisotopic (exact) mass is 477 g/mol. The molecule has 8 nitrogen and oxygen atoms in total. The van der Waals surface area contributed by atoms with Crippen molar-refractivity contribution in [2.45, 2.75) is 19.3 Å². The fraction of sp³-hybridized carbons (Fsp3) is 0.211. The van der Waals surface area contributed by atoms with E-state index < -0.39 is 23.4 Å². The number of hydrogen-bond acceptors (Lipinski definition) is 7. The number of anilines is 1. The number of halogens is 1. The van der Waals surface area contributed by atoms with Crippen LogP contribution in [0.1, 0.15) is 17.8 Å². The molecule has 0 spiro atoms. The number of amides is 1. The van der Waals surface area contributed by atoms with E-state index in [1.54, 1.807) is 11.3 Å². The van der Waals surface area contributed by atoms with Crippen molar-refractivity contribution in [2.75, 3.05) is 11.9 Å². The number of fused-ring (bicyclic) bond motifs is 1. The van der Waals surface area contributed by atoms with E-state index in [0.29, 0.717) is 23.0 Å². The lowest BCUT2D eigenvalue weighted by Gasteiger charge is -2.08. The smallest absolute Gasteiger partial charge is 0.306 e. The molecular formula is C19H16BrN3O5S. The number of non-ortho nitro benzene ring substituents is 1. The minimum atomic E-state index is -0.535. The predicted molar refractivity (Wildman–Crippen MR) is 113 cm³/mol. The molecule has 1 N–H and O–H groups in total. The van der Waals surface area contributed by atoms with Crippen LogP contribution < -0.4 is 5.32 Å². The van der Waals surface area contributed by atoms with Gasteiger partial charge in [0.2, 0.25) is 0 Å². The Morgan fingerprint density at radius 3 is 2.76 bits per heavy atom. The Hall–Kier alpha value is -2.85. The van der Waals surface area contributed by atoms with Gasteiger partial charge in [-0.2, -0.15) is 0 Å². The van der Waals surface area contributed by atoms with Gasteiger partial charge < -0.3 is 10.1 Å². The van der Waals surface area contributed by atoms with E-state index in [0.717, 1.165) is 15.2 Å². The van der Waals surface area contributed by atoms with Gasteiger partial charge in [-0.1, -0.05) is 12.1 Å². The Morgan fingerprint density at radius 1 is 1.24 bits per heavy atom. The van der Waals surface area contributed by atoms with Gasteiger partial charge in [0, 0.05) is 23.0 Å². The highest BCUT2D eigenvalue weighted by molar-refractivity contribution is 9.10. The molecule has 2 aromatic carbocycles. The fourth-order valence-electron chi connectivity index (χ4n) is 2.53. The molecule has 10 heteroatoms. The molecule has 0 bridgehead atoms. The van der Waals surface area contributed by atoms with E-state index >= 15 is 0 Å². The van der Waals surface area contributed by atoms with E-state index in [-0.39, 0.29) is 12.1 Å². The summed E-state index contributed by atoms with van der Waals surface area (Å²) in [5.41, 5.74) is 1.20. The van der Waals surface area contributed by atoms with Crippen LogP contribution in [0, 0.1) is 10.1 Å². The Bertz CT molecular complexity index is 1040. The number of nitro groups is 1. The van der Waals surface area contributed by atoms with Crippen LogP contribution in [-0.2, 0) is 20.7 Å². The first kappa shape index (κ1) is 20.9. The number of esters is 1. The maximum absolute atomic E-state index is 11.9. The van der Waals surface area contributed by atoms with Crippen molar-refractivity contribution in [1.82, 2.24) is 4.98 Å². The molecule has 0 atom stereocenters. The summed E-state index contributed by atoms with van der Waals surface area (Å²) in [6.45, 7) is -0.427. The van der Waals surface area contributed by atoms with Gasteiger partial charge in [0.25, 0.3) is 11.6 Å². The van der Waals surface area contributed by atoms with Crippen molar-refractivity contribution in [3.63, 3.8) is 0 Å². The summed E-state index contributed by atoms with van der Waals surface area (Å²) >= 11 is 4.76. The number of rotatable bonds is 8. The van der Waals surface area contributed by atoms with Crippen LogP contribution in [0.5, 0.6) is 0 Å². The molecule has 0 saturated carbocycles. The van der Waals surface area contributed by atoms with Crippen LogP contribution >= 0.6 is 27.3 Å². The molecule has 0 unspecified atom stereocenters. The van der Waals surface area contributed by atoms with Gasteiger partial charge in [-0.15, -0.1) is 11.3 Å². The van der Waals surface area contributed by atoms with Crippen molar-refractivity contribution in [1.29, 1.82) is 0 Å². The van der Waals surface area contributed by atoms with Crippen LogP contribution in [-0.4, -0.2) is 28.4 Å².